The molecule has 0 aliphatic carbocycles. The van der Waals surface area contributed by atoms with Gasteiger partial charge in [-0.15, -0.1) is 0 Å². The average Bonchev–Trinajstić information content (AvgIpc) is 2.34. The third kappa shape index (κ3) is 2.76. The van der Waals surface area contributed by atoms with E-state index in [9.17, 15) is 0 Å². The molecule has 1 N–H and O–H groups in total. The van der Waals surface area contributed by atoms with Crippen molar-refractivity contribution in [3.63, 3.8) is 0 Å². The lowest BCUT2D eigenvalue weighted by Gasteiger charge is -2.13. The van der Waals surface area contributed by atoms with Gasteiger partial charge in [0, 0.05) is 8.95 Å². The molecule has 1 aromatic heterocycles. The highest BCUT2D eigenvalue weighted by Gasteiger charge is 2.13. The quantitative estimate of drug-likeness (QED) is 0.785. The van der Waals surface area contributed by atoms with E-state index in [1.807, 2.05) is 18.2 Å². The average molecular weight is 393 g/mol. The number of para-hydroxylation sites is 1. The van der Waals surface area contributed by atoms with E-state index in [1.54, 1.807) is 0 Å². The fourth-order valence-electron chi connectivity index (χ4n) is 1.36. The number of hydrogen-bond donors (Lipinski definition) is 1. The second kappa shape index (κ2) is 5.86. The fourth-order valence-corrected chi connectivity index (χ4v) is 2.76. The van der Waals surface area contributed by atoms with Crippen LogP contribution < -0.4 is 10.1 Å². The Bertz CT molecular complexity index is 560. The van der Waals surface area contributed by atoms with Crippen molar-refractivity contribution in [2.24, 2.45) is 0 Å². The van der Waals surface area contributed by atoms with Crippen molar-refractivity contribution in [1.82, 2.24) is 9.97 Å². The minimum absolute atomic E-state index is 0.262. The highest BCUT2D eigenvalue weighted by molar-refractivity contribution is 9.11. The van der Waals surface area contributed by atoms with Gasteiger partial charge >= 0.3 is 0 Å². The summed E-state index contributed by atoms with van der Waals surface area (Å²) in [4.78, 5) is 7.98. The molecule has 0 atom stereocenters. The third-order valence-electron chi connectivity index (χ3n) is 2.17. The summed E-state index contributed by atoms with van der Waals surface area (Å²) in [6.07, 6.45) is 1.37. The van der Waals surface area contributed by atoms with Crippen LogP contribution in [-0.2, 0) is 0 Å². The van der Waals surface area contributed by atoms with Crippen molar-refractivity contribution in [2.75, 3.05) is 12.4 Å². The fraction of sp³-hybridized carbons (Fsp3) is 0.0909. The maximum absolute atomic E-state index is 5.94. The van der Waals surface area contributed by atoms with Crippen molar-refractivity contribution in [2.45, 2.75) is 0 Å². The van der Waals surface area contributed by atoms with E-state index < -0.39 is 0 Å². The van der Waals surface area contributed by atoms with Gasteiger partial charge in [-0.25, -0.2) is 9.97 Å². The number of aromatic nitrogens is 2. The predicted octanol–water partition coefficient (Wildman–Crippen LogP) is 4.41. The monoisotopic (exact) mass is 391 g/mol. The van der Waals surface area contributed by atoms with Crippen LogP contribution in [0.4, 0.5) is 11.5 Å². The van der Waals surface area contributed by atoms with Crippen LogP contribution in [0.5, 0.6) is 5.75 Å². The first-order chi connectivity index (χ1) is 8.63. The van der Waals surface area contributed by atoms with Crippen LogP contribution in [0, 0.1) is 0 Å². The zero-order valence-electron chi connectivity index (χ0n) is 9.25. The van der Waals surface area contributed by atoms with Crippen molar-refractivity contribution in [1.29, 1.82) is 0 Å². The largest absolute Gasteiger partial charge is 0.490 e. The van der Waals surface area contributed by atoms with E-state index in [2.05, 4.69) is 47.1 Å². The van der Waals surface area contributed by atoms with Gasteiger partial charge in [-0.2, -0.15) is 0 Å². The first kappa shape index (κ1) is 13.6. The van der Waals surface area contributed by atoms with Gasteiger partial charge < -0.3 is 10.1 Å². The lowest BCUT2D eigenvalue weighted by molar-refractivity contribution is 0.413. The minimum Gasteiger partial charge on any atom is -0.490 e. The predicted molar refractivity (Wildman–Crippen MR) is 78.7 cm³/mol. The molecule has 0 unspecified atom stereocenters. The van der Waals surface area contributed by atoms with Crippen LogP contribution in [0.3, 0.4) is 0 Å². The molecule has 0 bridgehead atoms. The maximum Gasteiger partial charge on any atom is 0.199 e. The summed E-state index contributed by atoms with van der Waals surface area (Å²) in [6.45, 7) is 0. The van der Waals surface area contributed by atoms with Gasteiger partial charge in [0.1, 0.15) is 6.33 Å². The second-order valence-electron chi connectivity index (χ2n) is 3.27. The number of benzene rings is 1. The van der Waals surface area contributed by atoms with Gasteiger partial charge in [-0.3, -0.25) is 0 Å². The maximum atomic E-state index is 5.94. The second-order valence-corrected chi connectivity index (χ2v) is 5.33. The molecular weight excluding hydrogens is 385 g/mol. The molecule has 2 rings (SSSR count). The highest BCUT2D eigenvalue weighted by atomic mass is 79.9. The Labute approximate surface area is 126 Å². The number of rotatable bonds is 3. The molecule has 0 aliphatic heterocycles. The van der Waals surface area contributed by atoms with E-state index in [4.69, 9.17) is 16.3 Å². The lowest BCUT2D eigenvalue weighted by atomic mass is 10.3. The van der Waals surface area contributed by atoms with Crippen molar-refractivity contribution < 1.29 is 4.74 Å². The summed E-state index contributed by atoms with van der Waals surface area (Å²) in [7, 11) is 1.52. The summed E-state index contributed by atoms with van der Waals surface area (Å²) >= 11 is 12.9. The molecule has 7 heteroatoms. The standard InChI is InChI=1S/C11H8Br2ClN3O/c1-18-9-10(14)15-5-16-11(9)17-8-6(12)3-2-4-7(8)13/h2-5H,1H3,(H,15,16,17). The zero-order chi connectivity index (χ0) is 13.1. The van der Waals surface area contributed by atoms with Gasteiger partial charge in [0.05, 0.1) is 12.8 Å². The van der Waals surface area contributed by atoms with Crippen molar-refractivity contribution in [3.05, 3.63) is 38.6 Å². The first-order valence-electron chi connectivity index (χ1n) is 4.89. The number of methoxy groups -OCH3 is 1. The summed E-state index contributed by atoms with van der Waals surface area (Å²) in [5.74, 6) is 0.909. The van der Waals surface area contributed by atoms with Crippen molar-refractivity contribution >= 4 is 55.0 Å². The summed E-state index contributed by atoms with van der Waals surface area (Å²) in [5.41, 5.74) is 0.838. The summed E-state index contributed by atoms with van der Waals surface area (Å²) in [5, 5.41) is 3.41. The van der Waals surface area contributed by atoms with E-state index in [1.165, 1.54) is 13.4 Å². The molecule has 0 amide bonds. The van der Waals surface area contributed by atoms with Crippen LogP contribution in [0.15, 0.2) is 33.5 Å². The van der Waals surface area contributed by atoms with Crippen LogP contribution in [-0.4, -0.2) is 17.1 Å². The van der Waals surface area contributed by atoms with Gasteiger partial charge in [0.15, 0.2) is 16.7 Å². The van der Waals surface area contributed by atoms with Crippen LogP contribution >= 0.6 is 43.5 Å². The van der Waals surface area contributed by atoms with E-state index >= 15 is 0 Å². The Balaban J connectivity index is 2.43. The molecule has 0 saturated carbocycles. The molecule has 94 valence electrons. The highest BCUT2D eigenvalue weighted by Crippen LogP contribution is 2.36. The normalized spacial score (nSPS) is 10.2. The molecule has 0 saturated heterocycles. The van der Waals surface area contributed by atoms with Gasteiger partial charge in [-0.1, -0.05) is 17.7 Å². The molecule has 4 nitrogen and oxygen atoms in total. The minimum atomic E-state index is 0.262. The first-order valence-corrected chi connectivity index (χ1v) is 6.85. The lowest BCUT2D eigenvalue weighted by Crippen LogP contribution is -2.00. The number of hydrogen-bond acceptors (Lipinski definition) is 4. The number of halogens is 3. The molecule has 0 radical (unpaired) electrons. The van der Waals surface area contributed by atoms with Gasteiger partial charge in [0.2, 0.25) is 0 Å². The Hall–Kier alpha value is -0.850. The summed E-state index contributed by atoms with van der Waals surface area (Å²) in [6, 6.07) is 5.76. The number of ether oxygens (including phenoxy) is 1. The van der Waals surface area contributed by atoms with E-state index in [-0.39, 0.29) is 5.15 Å². The molecule has 18 heavy (non-hydrogen) atoms. The Morgan fingerprint density at radius 2 is 1.89 bits per heavy atom. The number of anilines is 2. The van der Waals surface area contributed by atoms with Crippen LogP contribution in [0.2, 0.25) is 5.15 Å². The van der Waals surface area contributed by atoms with Gasteiger partial charge in [0.25, 0.3) is 0 Å². The van der Waals surface area contributed by atoms with Crippen LogP contribution in [0.25, 0.3) is 0 Å². The molecule has 2 aromatic rings. The van der Waals surface area contributed by atoms with E-state index in [0.717, 1.165) is 14.6 Å². The molecule has 1 aromatic carbocycles. The van der Waals surface area contributed by atoms with Crippen LogP contribution in [0.1, 0.15) is 0 Å². The number of nitrogens with one attached hydrogen (secondary N) is 1. The smallest absolute Gasteiger partial charge is 0.199 e. The molecule has 0 aliphatic rings. The molecule has 0 fully saturated rings. The number of nitrogens with zero attached hydrogens (tertiary/aromatic N) is 2. The zero-order valence-corrected chi connectivity index (χ0v) is 13.2. The topological polar surface area (TPSA) is 47.0 Å². The molecule has 1 heterocycles. The van der Waals surface area contributed by atoms with Crippen molar-refractivity contribution in [3.8, 4) is 5.75 Å². The van der Waals surface area contributed by atoms with Gasteiger partial charge in [-0.05, 0) is 44.0 Å². The molecular formula is C11H8Br2ClN3O. The van der Waals surface area contributed by atoms with E-state index in [0.29, 0.717) is 11.6 Å². The Morgan fingerprint density at radius 3 is 2.50 bits per heavy atom. The Kier molecular flexibility index (Phi) is 4.42. The summed E-state index contributed by atoms with van der Waals surface area (Å²) < 4.78 is 6.97. The Morgan fingerprint density at radius 1 is 1.22 bits per heavy atom. The SMILES string of the molecule is COc1c(Cl)ncnc1Nc1c(Br)cccc1Br. The molecule has 0 spiro atoms. The third-order valence-corrected chi connectivity index (χ3v) is 3.76.